The lowest BCUT2D eigenvalue weighted by atomic mass is 9.91. The van der Waals surface area contributed by atoms with Crippen LogP contribution in [0, 0.1) is 11.8 Å². The summed E-state index contributed by atoms with van der Waals surface area (Å²) in [5.41, 5.74) is 6.30. The van der Waals surface area contributed by atoms with E-state index in [1.807, 2.05) is 4.57 Å². The van der Waals surface area contributed by atoms with Crippen molar-refractivity contribution in [2.24, 2.45) is 17.6 Å². The smallest absolute Gasteiger partial charge is 0.250 e. The van der Waals surface area contributed by atoms with Crippen molar-refractivity contribution >= 4 is 11.5 Å². The van der Waals surface area contributed by atoms with Gasteiger partial charge < -0.3 is 10.3 Å². The van der Waals surface area contributed by atoms with Crippen molar-refractivity contribution in [3.05, 3.63) is 24.8 Å². The van der Waals surface area contributed by atoms with Crippen LogP contribution in [-0.2, 0) is 11.3 Å². The Morgan fingerprint density at radius 2 is 2.17 bits per heavy atom. The van der Waals surface area contributed by atoms with E-state index in [1.165, 1.54) is 12.8 Å². The molecule has 0 bridgehead atoms. The van der Waals surface area contributed by atoms with Crippen LogP contribution in [0.25, 0.3) is 5.57 Å². The van der Waals surface area contributed by atoms with Gasteiger partial charge in [-0.25, -0.2) is 4.98 Å². The number of hydrogen-bond acceptors (Lipinski definition) is 2. The molecule has 0 fully saturated rings. The van der Waals surface area contributed by atoms with Gasteiger partial charge in [0.05, 0.1) is 23.8 Å². The standard InChI is InChI=1S/C14H23N3O/c1-5-6-10(2)11(3)8-17-9-16-7-13(17)12(4)14(15)18/h7,9-11H,4-6,8H2,1-3H3,(H2,15,18). The molecule has 100 valence electrons. The Balaban J connectivity index is 2.77. The SMILES string of the molecule is C=C(C(N)=O)c1cncn1CC(C)C(C)CCC. The van der Waals surface area contributed by atoms with Crippen molar-refractivity contribution < 1.29 is 4.79 Å². The highest BCUT2D eigenvalue weighted by Crippen LogP contribution is 2.21. The largest absolute Gasteiger partial charge is 0.366 e. The molecular weight excluding hydrogens is 226 g/mol. The number of rotatable bonds is 7. The lowest BCUT2D eigenvalue weighted by Crippen LogP contribution is -2.19. The summed E-state index contributed by atoms with van der Waals surface area (Å²) in [7, 11) is 0. The summed E-state index contributed by atoms with van der Waals surface area (Å²) >= 11 is 0. The van der Waals surface area contributed by atoms with Gasteiger partial charge in [0.15, 0.2) is 0 Å². The summed E-state index contributed by atoms with van der Waals surface area (Å²) in [6.45, 7) is 11.2. The number of nitrogens with zero attached hydrogens (tertiary/aromatic N) is 2. The van der Waals surface area contributed by atoms with Crippen molar-refractivity contribution in [1.82, 2.24) is 9.55 Å². The molecule has 0 aliphatic rings. The summed E-state index contributed by atoms with van der Waals surface area (Å²) in [4.78, 5) is 15.2. The molecule has 0 aliphatic carbocycles. The van der Waals surface area contributed by atoms with Crippen molar-refractivity contribution in [3.8, 4) is 0 Å². The molecule has 1 rings (SSSR count). The van der Waals surface area contributed by atoms with Crippen LogP contribution in [0.1, 0.15) is 39.3 Å². The third-order valence-corrected chi connectivity index (χ3v) is 3.52. The van der Waals surface area contributed by atoms with Crippen LogP contribution in [0.5, 0.6) is 0 Å². The molecule has 2 atom stereocenters. The highest BCUT2D eigenvalue weighted by molar-refractivity contribution is 6.17. The maximum atomic E-state index is 11.2. The van der Waals surface area contributed by atoms with E-state index in [-0.39, 0.29) is 0 Å². The molecule has 0 spiro atoms. The number of nitrogens with two attached hydrogens (primary N) is 1. The minimum Gasteiger partial charge on any atom is -0.366 e. The van der Waals surface area contributed by atoms with E-state index in [0.717, 1.165) is 12.2 Å². The van der Waals surface area contributed by atoms with Crippen molar-refractivity contribution in [1.29, 1.82) is 0 Å². The van der Waals surface area contributed by atoms with Gasteiger partial charge in [-0.15, -0.1) is 0 Å². The third-order valence-electron chi connectivity index (χ3n) is 3.52. The molecule has 2 N–H and O–H groups in total. The van der Waals surface area contributed by atoms with E-state index in [2.05, 4.69) is 32.3 Å². The number of carbonyl (C=O) groups excluding carboxylic acids is 1. The molecular formula is C14H23N3O. The zero-order valence-electron chi connectivity index (χ0n) is 11.5. The zero-order valence-corrected chi connectivity index (χ0v) is 11.5. The van der Waals surface area contributed by atoms with Gasteiger partial charge >= 0.3 is 0 Å². The summed E-state index contributed by atoms with van der Waals surface area (Å²) in [5.74, 6) is 0.677. The predicted octanol–water partition coefficient (Wildman–Crippen LogP) is 2.45. The lowest BCUT2D eigenvalue weighted by molar-refractivity contribution is -0.112. The fourth-order valence-electron chi connectivity index (χ4n) is 2.07. The number of primary amides is 1. The van der Waals surface area contributed by atoms with Gasteiger partial charge in [0.2, 0.25) is 5.91 Å². The number of carbonyl (C=O) groups is 1. The summed E-state index contributed by atoms with van der Waals surface area (Å²) in [5, 5.41) is 0. The van der Waals surface area contributed by atoms with Crippen LogP contribution in [-0.4, -0.2) is 15.5 Å². The van der Waals surface area contributed by atoms with Gasteiger partial charge in [0, 0.05) is 6.54 Å². The van der Waals surface area contributed by atoms with Crippen LogP contribution >= 0.6 is 0 Å². The van der Waals surface area contributed by atoms with Crippen LogP contribution < -0.4 is 5.73 Å². The van der Waals surface area contributed by atoms with Crippen LogP contribution in [0.3, 0.4) is 0 Å². The molecule has 0 aliphatic heterocycles. The molecule has 1 amide bonds. The third kappa shape index (κ3) is 3.45. The Morgan fingerprint density at radius 3 is 2.72 bits per heavy atom. The van der Waals surface area contributed by atoms with Crippen LogP contribution in [0.2, 0.25) is 0 Å². The first-order valence-electron chi connectivity index (χ1n) is 6.46. The van der Waals surface area contributed by atoms with Gasteiger partial charge in [-0.2, -0.15) is 0 Å². The second-order valence-electron chi connectivity index (χ2n) is 5.02. The molecule has 0 aromatic carbocycles. The number of imidazole rings is 1. The van der Waals surface area contributed by atoms with Gasteiger partial charge in [0.25, 0.3) is 0 Å². The van der Waals surface area contributed by atoms with Crippen molar-refractivity contribution in [3.63, 3.8) is 0 Å². The van der Waals surface area contributed by atoms with E-state index in [4.69, 9.17) is 5.73 Å². The normalized spacial score (nSPS) is 14.2. The maximum Gasteiger partial charge on any atom is 0.250 e. The monoisotopic (exact) mass is 249 g/mol. The van der Waals surface area contributed by atoms with E-state index in [1.54, 1.807) is 12.5 Å². The van der Waals surface area contributed by atoms with Gasteiger partial charge in [-0.3, -0.25) is 4.79 Å². The molecule has 4 heteroatoms. The predicted molar refractivity (Wildman–Crippen MR) is 73.7 cm³/mol. The highest BCUT2D eigenvalue weighted by Gasteiger charge is 2.16. The minimum absolute atomic E-state index is 0.322. The molecule has 1 heterocycles. The average molecular weight is 249 g/mol. The van der Waals surface area contributed by atoms with Crippen molar-refractivity contribution in [2.75, 3.05) is 0 Å². The molecule has 0 saturated heterocycles. The number of aromatic nitrogens is 2. The number of amides is 1. The van der Waals surface area contributed by atoms with Crippen LogP contribution in [0.4, 0.5) is 0 Å². The zero-order chi connectivity index (χ0) is 13.7. The van der Waals surface area contributed by atoms with E-state index >= 15 is 0 Å². The Labute approximate surface area is 109 Å². The molecule has 18 heavy (non-hydrogen) atoms. The summed E-state index contributed by atoms with van der Waals surface area (Å²) in [6.07, 6.45) is 5.78. The molecule has 2 unspecified atom stereocenters. The Hall–Kier alpha value is -1.58. The van der Waals surface area contributed by atoms with Crippen LogP contribution in [0.15, 0.2) is 19.1 Å². The average Bonchev–Trinajstić information content (AvgIpc) is 2.76. The van der Waals surface area contributed by atoms with Gasteiger partial charge in [0.1, 0.15) is 0 Å². The Kier molecular flexibility index (Phi) is 5.13. The fourth-order valence-corrected chi connectivity index (χ4v) is 2.07. The van der Waals surface area contributed by atoms with Gasteiger partial charge in [-0.05, 0) is 11.8 Å². The summed E-state index contributed by atoms with van der Waals surface area (Å²) in [6, 6.07) is 0. The minimum atomic E-state index is -0.494. The highest BCUT2D eigenvalue weighted by atomic mass is 16.1. The first kappa shape index (κ1) is 14.5. The number of hydrogen-bond donors (Lipinski definition) is 1. The molecule has 1 aromatic heterocycles. The molecule has 0 radical (unpaired) electrons. The van der Waals surface area contributed by atoms with E-state index in [9.17, 15) is 4.79 Å². The second-order valence-corrected chi connectivity index (χ2v) is 5.02. The quantitative estimate of drug-likeness (QED) is 0.754. The fraction of sp³-hybridized carbons (Fsp3) is 0.571. The first-order valence-corrected chi connectivity index (χ1v) is 6.46. The van der Waals surface area contributed by atoms with E-state index in [0.29, 0.717) is 17.4 Å². The molecule has 4 nitrogen and oxygen atoms in total. The first-order chi connectivity index (χ1) is 8.47. The Bertz CT molecular complexity index is 422. The lowest BCUT2D eigenvalue weighted by Gasteiger charge is -2.21. The van der Waals surface area contributed by atoms with Crippen molar-refractivity contribution in [2.45, 2.75) is 40.2 Å². The second kappa shape index (κ2) is 6.38. The van der Waals surface area contributed by atoms with E-state index < -0.39 is 5.91 Å². The van der Waals surface area contributed by atoms with Gasteiger partial charge in [-0.1, -0.05) is 40.2 Å². The molecule has 1 aromatic rings. The maximum absolute atomic E-state index is 11.2. The molecule has 0 saturated carbocycles. The summed E-state index contributed by atoms with van der Waals surface area (Å²) < 4.78 is 1.96. The Morgan fingerprint density at radius 1 is 1.50 bits per heavy atom. The topological polar surface area (TPSA) is 60.9 Å².